The zero-order valence-corrected chi connectivity index (χ0v) is 16.0. The van der Waals surface area contributed by atoms with Crippen LogP contribution in [0, 0.1) is 0 Å². The zero-order valence-electron chi connectivity index (χ0n) is 16.0. The monoisotopic (exact) mass is 380 g/mol. The summed E-state index contributed by atoms with van der Waals surface area (Å²) in [5.41, 5.74) is 1.39. The van der Waals surface area contributed by atoms with Gasteiger partial charge in [0.25, 0.3) is 5.56 Å². The standard InChI is InChI=1S/C20H24N6O2/c1-24-13-9-17(23-24)22-18(27)10-14-26-16-8-4-3-7-15(16)21-19(20(26)28)25-11-5-2-6-12-25/h3-4,7-9,13H,2,5-6,10-12,14H2,1H3,(H,22,23,27). The van der Waals surface area contributed by atoms with Crippen LogP contribution in [0.1, 0.15) is 25.7 Å². The second kappa shape index (κ2) is 7.84. The summed E-state index contributed by atoms with van der Waals surface area (Å²) >= 11 is 0. The molecular weight excluding hydrogens is 356 g/mol. The first-order valence-corrected chi connectivity index (χ1v) is 9.66. The Morgan fingerprint density at radius 2 is 1.93 bits per heavy atom. The Kier molecular flexibility index (Phi) is 5.10. The first-order chi connectivity index (χ1) is 13.6. The molecule has 146 valence electrons. The quantitative estimate of drug-likeness (QED) is 0.733. The molecule has 2 aromatic heterocycles. The van der Waals surface area contributed by atoms with Crippen molar-refractivity contribution in [1.82, 2.24) is 19.3 Å². The molecule has 0 atom stereocenters. The highest BCUT2D eigenvalue weighted by atomic mass is 16.2. The fourth-order valence-corrected chi connectivity index (χ4v) is 3.61. The predicted octanol–water partition coefficient (Wildman–Crippen LogP) is 2.15. The normalized spacial score (nSPS) is 14.4. The Balaban J connectivity index is 1.60. The summed E-state index contributed by atoms with van der Waals surface area (Å²) in [5, 5.41) is 6.91. The highest BCUT2D eigenvalue weighted by molar-refractivity contribution is 5.89. The topological polar surface area (TPSA) is 85.0 Å². The number of carbonyl (C=O) groups is 1. The van der Waals surface area contributed by atoms with Gasteiger partial charge in [0, 0.05) is 45.4 Å². The third kappa shape index (κ3) is 3.76. The maximum Gasteiger partial charge on any atom is 0.294 e. The number of fused-ring (bicyclic) bond motifs is 1. The van der Waals surface area contributed by atoms with Gasteiger partial charge in [-0.05, 0) is 31.4 Å². The summed E-state index contributed by atoms with van der Waals surface area (Å²) < 4.78 is 3.30. The van der Waals surface area contributed by atoms with E-state index < -0.39 is 0 Å². The maximum absolute atomic E-state index is 13.2. The molecule has 3 heterocycles. The van der Waals surface area contributed by atoms with Gasteiger partial charge >= 0.3 is 0 Å². The second-order valence-corrected chi connectivity index (χ2v) is 7.10. The van der Waals surface area contributed by atoms with Crippen LogP contribution in [-0.4, -0.2) is 38.3 Å². The average molecular weight is 380 g/mol. The summed E-state index contributed by atoms with van der Waals surface area (Å²) in [6.45, 7) is 1.99. The summed E-state index contributed by atoms with van der Waals surface area (Å²) in [4.78, 5) is 32.2. The first-order valence-electron chi connectivity index (χ1n) is 9.66. The molecule has 0 saturated carbocycles. The molecule has 28 heavy (non-hydrogen) atoms. The number of piperidine rings is 1. The van der Waals surface area contributed by atoms with E-state index >= 15 is 0 Å². The number of para-hydroxylation sites is 2. The largest absolute Gasteiger partial charge is 0.352 e. The Bertz CT molecular complexity index is 1050. The lowest BCUT2D eigenvalue weighted by Gasteiger charge is -2.27. The fraction of sp³-hybridized carbons (Fsp3) is 0.400. The van der Waals surface area contributed by atoms with Crippen LogP contribution in [0.2, 0.25) is 0 Å². The number of benzene rings is 1. The molecule has 8 nitrogen and oxygen atoms in total. The number of aromatic nitrogens is 4. The number of carbonyl (C=O) groups excluding carboxylic acids is 1. The highest BCUT2D eigenvalue weighted by Crippen LogP contribution is 2.18. The van der Waals surface area contributed by atoms with Crippen molar-refractivity contribution in [3.8, 4) is 0 Å². The van der Waals surface area contributed by atoms with E-state index in [1.54, 1.807) is 28.6 Å². The van der Waals surface area contributed by atoms with Crippen molar-refractivity contribution < 1.29 is 4.79 Å². The molecule has 0 unspecified atom stereocenters. The summed E-state index contributed by atoms with van der Waals surface area (Å²) in [5.74, 6) is 0.822. The number of nitrogens with zero attached hydrogens (tertiary/aromatic N) is 5. The van der Waals surface area contributed by atoms with Gasteiger partial charge in [-0.2, -0.15) is 5.10 Å². The molecule has 1 amide bonds. The Hall–Kier alpha value is -3.16. The van der Waals surface area contributed by atoms with E-state index in [4.69, 9.17) is 0 Å². The minimum Gasteiger partial charge on any atom is -0.352 e. The van der Waals surface area contributed by atoms with Gasteiger partial charge in [0.1, 0.15) is 0 Å². The van der Waals surface area contributed by atoms with Gasteiger partial charge < -0.3 is 14.8 Å². The van der Waals surface area contributed by atoms with Crippen molar-refractivity contribution in [1.29, 1.82) is 0 Å². The van der Waals surface area contributed by atoms with Gasteiger partial charge in [0.05, 0.1) is 11.0 Å². The fourth-order valence-electron chi connectivity index (χ4n) is 3.61. The molecule has 1 aromatic carbocycles. The SMILES string of the molecule is Cn1ccc(NC(=O)CCn2c(=O)c(N3CCCCC3)nc3ccccc32)n1. The van der Waals surface area contributed by atoms with Crippen LogP contribution < -0.4 is 15.8 Å². The van der Waals surface area contributed by atoms with Crippen LogP contribution in [-0.2, 0) is 18.4 Å². The van der Waals surface area contributed by atoms with E-state index in [9.17, 15) is 9.59 Å². The molecule has 0 spiro atoms. The predicted molar refractivity (Wildman–Crippen MR) is 109 cm³/mol. The van der Waals surface area contributed by atoms with Crippen molar-refractivity contribution in [3.63, 3.8) is 0 Å². The molecule has 1 fully saturated rings. The van der Waals surface area contributed by atoms with Crippen LogP contribution in [0.3, 0.4) is 0 Å². The number of amides is 1. The first kappa shape index (κ1) is 18.2. The Labute approximate surface area is 162 Å². The van der Waals surface area contributed by atoms with E-state index in [-0.39, 0.29) is 17.9 Å². The molecule has 4 rings (SSSR count). The minimum atomic E-state index is -0.175. The van der Waals surface area contributed by atoms with Crippen LogP contribution >= 0.6 is 0 Å². The van der Waals surface area contributed by atoms with Gasteiger partial charge in [0.15, 0.2) is 11.6 Å². The summed E-state index contributed by atoms with van der Waals surface area (Å²) in [6, 6.07) is 9.32. The van der Waals surface area contributed by atoms with Crippen LogP contribution in [0.25, 0.3) is 11.0 Å². The Morgan fingerprint density at radius 3 is 2.68 bits per heavy atom. The third-order valence-electron chi connectivity index (χ3n) is 5.03. The molecule has 8 heteroatoms. The van der Waals surface area contributed by atoms with E-state index in [2.05, 4.69) is 20.3 Å². The number of hydrogen-bond acceptors (Lipinski definition) is 5. The molecule has 1 N–H and O–H groups in total. The lowest BCUT2D eigenvalue weighted by molar-refractivity contribution is -0.116. The maximum atomic E-state index is 13.2. The van der Waals surface area contributed by atoms with Crippen molar-refractivity contribution in [2.24, 2.45) is 7.05 Å². The lowest BCUT2D eigenvalue weighted by atomic mass is 10.1. The van der Waals surface area contributed by atoms with Gasteiger partial charge in [-0.3, -0.25) is 14.3 Å². The van der Waals surface area contributed by atoms with Crippen LogP contribution in [0.5, 0.6) is 0 Å². The van der Waals surface area contributed by atoms with E-state index in [1.165, 1.54) is 6.42 Å². The molecule has 1 aliphatic heterocycles. The Morgan fingerprint density at radius 1 is 1.14 bits per heavy atom. The average Bonchev–Trinajstić information content (AvgIpc) is 3.12. The highest BCUT2D eigenvalue weighted by Gasteiger charge is 2.19. The number of rotatable bonds is 5. The van der Waals surface area contributed by atoms with E-state index in [1.807, 2.05) is 24.3 Å². The molecular formula is C20H24N6O2. The number of hydrogen-bond donors (Lipinski definition) is 1. The third-order valence-corrected chi connectivity index (χ3v) is 5.03. The van der Waals surface area contributed by atoms with Gasteiger partial charge in [-0.1, -0.05) is 12.1 Å². The number of aryl methyl sites for hydroxylation is 2. The molecule has 3 aromatic rings. The van der Waals surface area contributed by atoms with Crippen molar-refractivity contribution in [3.05, 3.63) is 46.9 Å². The lowest BCUT2D eigenvalue weighted by Crippen LogP contribution is -2.37. The van der Waals surface area contributed by atoms with Gasteiger partial charge in [0.2, 0.25) is 5.91 Å². The van der Waals surface area contributed by atoms with Crippen LogP contribution in [0.4, 0.5) is 11.6 Å². The molecule has 0 radical (unpaired) electrons. The van der Waals surface area contributed by atoms with Crippen molar-refractivity contribution in [2.45, 2.75) is 32.2 Å². The van der Waals surface area contributed by atoms with Crippen LogP contribution in [0.15, 0.2) is 41.3 Å². The number of anilines is 2. The molecule has 1 aliphatic rings. The molecule has 1 saturated heterocycles. The van der Waals surface area contributed by atoms with E-state index in [0.29, 0.717) is 18.2 Å². The van der Waals surface area contributed by atoms with Crippen molar-refractivity contribution >= 4 is 28.6 Å². The zero-order chi connectivity index (χ0) is 19.5. The smallest absolute Gasteiger partial charge is 0.294 e. The van der Waals surface area contributed by atoms with Gasteiger partial charge in [-0.25, -0.2) is 4.98 Å². The minimum absolute atomic E-state index is 0.133. The van der Waals surface area contributed by atoms with Crippen molar-refractivity contribution in [2.75, 3.05) is 23.3 Å². The molecule has 0 bridgehead atoms. The van der Waals surface area contributed by atoms with E-state index in [0.717, 1.165) is 37.0 Å². The number of nitrogens with one attached hydrogen (secondary N) is 1. The van der Waals surface area contributed by atoms with Gasteiger partial charge in [-0.15, -0.1) is 0 Å². The molecule has 0 aliphatic carbocycles. The summed E-state index contributed by atoms with van der Waals surface area (Å²) in [7, 11) is 1.79. The second-order valence-electron chi connectivity index (χ2n) is 7.10. The summed E-state index contributed by atoms with van der Waals surface area (Å²) in [6.07, 6.45) is 5.28.